The zero-order valence-corrected chi connectivity index (χ0v) is 18.4. The lowest BCUT2D eigenvalue weighted by Gasteiger charge is -2.25. The number of terminal acetylenes is 1. The largest absolute Gasteiger partial charge is 0.493 e. The van der Waals surface area contributed by atoms with Gasteiger partial charge in [-0.15, -0.1) is 6.42 Å². The molecule has 9 heteroatoms. The number of hydrogen-bond acceptors (Lipinski definition) is 7. The van der Waals surface area contributed by atoms with Crippen LogP contribution in [0.15, 0.2) is 53.9 Å². The number of benzene rings is 2. The van der Waals surface area contributed by atoms with E-state index in [1.165, 1.54) is 23.9 Å². The normalized spacial score (nSPS) is 14.4. The van der Waals surface area contributed by atoms with Crippen molar-refractivity contribution in [1.82, 2.24) is 9.78 Å². The van der Waals surface area contributed by atoms with E-state index in [9.17, 15) is 15.2 Å². The number of nitrogens with two attached hydrogens (primary N) is 1. The molecule has 0 amide bonds. The molecule has 1 aliphatic rings. The lowest BCUT2D eigenvalue weighted by Crippen LogP contribution is -2.22. The number of ether oxygens (including phenoxy) is 3. The van der Waals surface area contributed by atoms with Gasteiger partial charge in [-0.1, -0.05) is 18.1 Å². The highest BCUT2D eigenvalue weighted by Gasteiger charge is 2.36. The molecule has 2 heterocycles. The third kappa shape index (κ3) is 3.76. The molecule has 0 saturated carbocycles. The summed E-state index contributed by atoms with van der Waals surface area (Å²) >= 11 is 0. The molecule has 34 heavy (non-hydrogen) atoms. The number of carboxylic acid groups (broad SMARTS) is 1. The van der Waals surface area contributed by atoms with Gasteiger partial charge in [0.25, 0.3) is 0 Å². The van der Waals surface area contributed by atoms with Crippen LogP contribution in [0.25, 0.3) is 5.69 Å². The molecular formula is C25H20N4O5. The second-order valence-corrected chi connectivity index (χ2v) is 7.40. The second-order valence-electron chi connectivity index (χ2n) is 7.40. The number of aromatic carboxylic acids is 1. The second kappa shape index (κ2) is 8.93. The number of aromatic nitrogens is 2. The Morgan fingerprint density at radius 2 is 2.12 bits per heavy atom. The zero-order valence-electron chi connectivity index (χ0n) is 18.4. The van der Waals surface area contributed by atoms with Crippen molar-refractivity contribution in [2.45, 2.75) is 12.8 Å². The molecule has 1 atom stereocenters. The summed E-state index contributed by atoms with van der Waals surface area (Å²) in [7, 11) is 1.51. The minimum absolute atomic E-state index is 0.0674. The number of fused-ring (bicyclic) bond motifs is 1. The molecule has 0 saturated heterocycles. The molecule has 0 fully saturated rings. The van der Waals surface area contributed by atoms with E-state index in [-0.39, 0.29) is 23.6 Å². The molecule has 3 N–H and O–H groups in total. The molecule has 1 aliphatic heterocycles. The SMILES string of the molecule is C#CCOc1ccc(C2C(C#N)=C(N)Oc3c2c(C)nn3-c2cccc(C(=O)O)c2)cc1OC. The number of nitrogens with zero attached hydrogens (tertiary/aromatic N) is 3. The molecule has 0 radical (unpaired) electrons. The van der Waals surface area contributed by atoms with Gasteiger partial charge in [0.1, 0.15) is 18.2 Å². The number of carbonyl (C=O) groups is 1. The Morgan fingerprint density at radius 1 is 1.32 bits per heavy atom. The standard InChI is InChI=1S/C25H20N4O5/c1-4-10-33-19-9-8-15(12-20(19)32-3)22-18(13-26)23(27)34-24-21(22)14(2)28-29(24)17-7-5-6-16(11-17)25(30)31/h1,5-9,11-12,22H,10,27H2,2-3H3,(H,30,31). The Kier molecular flexibility index (Phi) is 5.86. The van der Waals surface area contributed by atoms with Gasteiger partial charge in [0, 0.05) is 0 Å². The zero-order chi connectivity index (χ0) is 24.4. The highest BCUT2D eigenvalue weighted by atomic mass is 16.5. The highest BCUT2D eigenvalue weighted by molar-refractivity contribution is 5.88. The van der Waals surface area contributed by atoms with Crippen molar-refractivity contribution >= 4 is 5.97 Å². The number of nitriles is 1. The molecule has 3 aromatic rings. The van der Waals surface area contributed by atoms with Gasteiger partial charge in [-0.3, -0.25) is 0 Å². The summed E-state index contributed by atoms with van der Waals surface area (Å²) in [5.41, 5.74) is 8.87. The minimum Gasteiger partial charge on any atom is -0.493 e. The number of hydrogen-bond donors (Lipinski definition) is 2. The Bertz CT molecular complexity index is 1410. The number of allylic oxidation sites excluding steroid dienone is 1. The summed E-state index contributed by atoms with van der Waals surface area (Å²) in [4.78, 5) is 11.4. The maximum Gasteiger partial charge on any atom is 0.335 e. The molecule has 9 nitrogen and oxygen atoms in total. The number of rotatable bonds is 6. The van der Waals surface area contributed by atoms with Crippen LogP contribution in [0.1, 0.15) is 33.1 Å². The average molecular weight is 456 g/mol. The first-order valence-corrected chi connectivity index (χ1v) is 10.1. The fourth-order valence-electron chi connectivity index (χ4n) is 3.90. The van der Waals surface area contributed by atoms with Gasteiger partial charge < -0.3 is 25.1 Å². The summed E-state index contributed by atoms with van der Waals surface area (Å²) in [6.07, 6.45) is 5.28. The van der Waals surface area contributed by atoms with Crippen molar-refractivity contribution in [2.75, 3.05) is 13.7 Å². The van der Waals surface area contributed by atoms with Gasteiger partial charge in [0.05, 0.1) is 35.5 Å². The summed E-state index contributed by atoms with van der Waals surface area (Å²) < 4.78 is 18.3. The molecule has 1 aromatic heterocycles. The van der Waals surface area contributed by atoms with Crippen molar-refractivity contribution in [2.24, 2.45) is 5.73 Å². The van der Waals surface area contributed by atoms with E-state index >= 15 is 0 Å². The third-order valence-corrected chi connectivity index (χ3v) is 5.40. The van der Waals surface area contributed by atoms with E-state index in [2.05, 4.69) is 17.1 Å². The van der Waals surface area contributed by atoms with Gasteiger partial charge in [-0.2, -0.15) is 10.4 Å². The summed E-state index contributed by atoms with van der Waals surface area (Å²) in [5, 5.41) is 23.8. The van der Waals surface area contributed by atoms with Crippen LogP contribution in [0.3, 0.4) is 0 Å². The maximum atomic E-state index is 11.4. The number of carboxylic acids is 1. The van der Waals surface area contributed by atoms with E-state index in [0.29, 0.717) is 39.9 Å². The van der Waals surface area contributed by atoms with E-state index < -0.39 is 11.9 Å². The fraction of sp³-hybridized carbons (Fsp3) is 0.160. The topological polar surface area (TPSA) is 133 Å². The Labute approximate surface area is 195 Å². The van der Waals surface area contributed by atoms with E-state index in [1.807, 2.05) is 0 Å². The van der Waals surface area contributed by atoms with Crippen molar-refractivity contribution in [3.63, 3.8) is 0 Å². The van der Waals surface area contributed by atoms with Crippen molar-refractivity contribution in [1.29, 1.82) is 5.26 Å². The predicted molar refractivity (Wildman–Crippen MR) is 122 cm³/mol. The molecule has 0 spiro atoms. The van der Waals surface area contributed by atoms with Crippen LogP contribution in [-0.4, -0.2) is 34.6 Å². The van der Waals surface area contributed by atoms with Gasteiger partial charge in [0.2, 0.25) is 11.8 Å². The first-order chi connectivity index (χ1) is 16.4. The Hall–Kier alpha value is -4.89. The first-order valence-electron chi connectivity index (χ1n) is 10.1. The predicted octanol–water partition coefficient (Wildman–Crippen LogP) is 3.12. The van der Waals surface area contributed by atoms with Gasteiger partial charge in [-0.25, -0.2) is 9.48 Å². The monoisotopic (exact) mass is 456 g/mol. The average Bonchev–Trinajstić information content (AvgIpc) is 3.17. The molecule has 4 rings (SSSR count). The van der Waals surface area contributed by atoms with Gasteiger partial charge in [0.15, 0.2) is 11.5 Å². The van der Waals surface area contributed by atoms with Crippen molar-refractivity contribution < 1.29 is 24.1 Å². The highest BCUT2D eigenvalue weighted by Crippen LogP contribution is 2.46. The maximum absolute atomic E-state index is 11.4. The van der Waals surface area contributed by atoms with Crippen LogP contribution in [0, 0.1) is 30.6 Å². The van der Waals surface area contributed by atoms with E-state index in [4.69, 9.17) is 26.4 Å². The molecule has 1 unspecified atom stereocenters. The lowest BCUT2D eigenvalue weighted by atomic mass is 9.84. The number of aryl methyl sites for hydroxylation is 1. The fourth-order valence-corrected chi connectivity index (χ4v) is 3.90. The lowest BCUT2D eigenvalue weighted by molar-refractivity contribution is 0.0697. The molecule has 0 bridgehead atoms. The van der Waals surface area contributed by atoms with Gasteiger partial charge in [-0.05, 0) is 42.8 Å². The third-order valence-electron chi connectivity index (χ3n) is 5.40. The minimum atomic E-state index is -1.07. The number of methoxy groups -OCH3 is 1. The van der Waals surface area contributed by atoms with Gasteiger partial charge >= 0.3 is 5.97 Å². The summed E-state index contributed by atoms with van der Waals surface area (Å²) in [5.74, 6) is 1.88. The van der Waals surface area contributed by atoms with Crippen LogP contribution in [-0.2, 0) is 0 Å². The quantitative estimate of drug-likeness (QED) is 0.541. The smallest absolute Gasteiger partial charge is 0.335 e. The van der Waals surface area contributed by atoms with Crippen LogP contribution >= 0.6 is 0 Å². The first kappa shape index (κ1) is 22.3. The summed E-state index contributed by atoms with van der Waals surface area (Å²) in [6.45, 7) is 1.86. The van der Waals surface area contributed by atoms with Crippen LogP contribution in [0.5, 0.6) is 17.4 Å². The van der Waals surface area contributed by atoms with Crippen molar-refractivity contribution in [3.05, 3.63) is 76.3 Å². The molecular weight excluding hydrogens is 436 g/mol. The van der Waals surface area contributed by atoms with Crippen molar-refractivity contribution in [3.8, 4) is 41.5 Å². The van der Waals surface area contributed by atoms with Crippen LogP contribution in [0.2, 0.25) is 0 Å². The Morgan fingerprint density at radius 3 is 2.79 bits per heavy atom. The Balaban J connectivity index is 1.89. The molecule has 2 aromatic carbocycles. The summed E-state index contributed by atoms with van der Waals surface area (Å²) in [6, 6.07) is 13.7. The van der Waals surface area contributed by atoms with Crippen LogP contribution in [0.4, 0.5) is 0 Å². The van der Waals surface area contributed by atoms with E-state index in [1.54, 1.807) is 37.3 Å². The molecule has 170 valence electrons. The van der Waals surface area contributed by atoms with Crippen LogP contribution < -0.4 is 19.9 Å². The van der Waals surface area contributed by atoms with E-state index in [0.717, 1.165) is 0 Å². The molecule has 0 aliphatic carbocycles.